The van der Waals surface area contributed by atoms with Crippen molar-refractivity contribution in [2.75, 3.05) is 0 Å². The van der Waals surface area contributed by atoms with Gasteiger partial charge in [0, 0.05) is 11.1 Å². The molecule has 3 nitrogen and oxygen atoms in total. The third-order valence-electron chi connectivity index (χ3n) is 2.65. The Balaban J connectivity index is 2.44. The van der Waals surface area contributed by atoms with Crippen molar-refractivity contribution in [3.8, 4) is 16.9 Å². The van der Waals surface area contributed by atoms with Gasteiger partial charge in [-0.05, 0) is 41.5 Å². The normalized spacial score (nSPS) is 11.0. The van der Waals surface area contributed by atoms with Gasteiger partial charge < -0.3 is 4.74 Å². The van der Waals surface area contributed by atoms with E-state index in [4.69, 9.17) is 0 Å². The van der Waals surface area contributed by atoms with Crippen LogP contribution in [0.2, 0.25) is 0 Å². The SMILES string of the molecule is O=Cc1cc(C=O)cc(-c2cccc(OC(F)(F)F)c2)c1. The molecule has 0 aliphatic heterocycles. The first-order chi connectivity index (χ1) is 9.91. The number of halogens is 3. The standard InChI is InChI=1S/C15H9F3O3/c16-15(17,18)21-14-3-1-2-12(7-14)13-5-10(8-19)4-11(6-13)9-20/h1-9H. The van der Waals surface area contributed by atoms with Crippen LogP contribution in [0.4, 0.5) is 13.2 Å². The summed E-state index contributed by atoms with van der Waals surface area (Å²) < 4.78 is 40.4. The van der Waals surface area contributed by atoms with Crippen LogP contribution < -0.4 is 4.74 Å². The molecule has 0 saturated carbocycles. The van der Waals surface area contributed by atoms with E-state index in [9.17, 15) is 22.8 Å². The third-order valence-corrected chi connectivity index (χ3v) is 2.65. The Labute approximate surface area is 118 Å². The lowest BCUT2D eigenvalue weighted by Crippen LogP contribution is -2.17. The summed E-state index contributed by atoms with van der Waals surface area (Å²) >= 11 is 0. The van der Waals surface area contributed by atoms with Gasteiger partial charge in [0.15, 0.2) is 0 Å². The molecule has 0 atom stereocenters. The van der Waals surface area contributed by atoms with Crippen LogP contribution in [0.25, 0.3) is 11.1 Å². The number of carbonyl (C=O) groups excluding carboxylic acids is 2. The first-order valence-electron chi connectivity index (χ1n) is 5.83. The molecule has 0 saturated heterocycles. The molecule has 2 aromatic rings. The fraction of sp³-hybridized carbons (Fsp3) is 0.0667. The maximum absolute atomic E-state index is 12.2. The molecule has 21 heavy (non-hydrogen) atoms. The monoisotopic (exact) mass is 294 g/mol. The van der Waals surface area contributed by atoms with Gasteiger partial charge in [0.05, 0.1) is 0 Å². The number of hydrogen-bond donors (Lipinski definition) is 0. The van der Waals surface area contributed by atoms with E-state index in [2.05, 4.69) is 4.74 Å². The summed E-state index contributed by atoms with van der Waals surface area (Å²) in [7, 11) is 0. The fourth-order valence-corrected chi connectivity index (χ4v) is 1.85. The van der Waals surface area contributed by atoms with E-state index in [1.54, 1.807) is 6.07 Å². The molecule has 6 heteroatoms. The van der Waals surface area contributed by atoms with Gasteiger partial charge in [-0.1, -0.05) is 12.1 Å². The number of ether oxygens (including phenoxy) is 1. The van der Waals surface area contributed by atoms with Crippen LogP contribution in [-0.4, -0.2) is 18.9 Å². The van der Waals surface area contributed by atoms with Gasteiger partial charge >= 0.3 is 6.36 Å². The van der Waals surface area contributed by atoms with Crippen molar-refractivity contribution in [2.45, 2.75) is 6.36 Å². The maximum atomic E-state index is 12.2. The molecule has 0 heterocycles. The summed E-state index contributed by atoms with van der Waals surface area (Å²) in [6.45, 7) is 0. The van der Waals surface area contributed by atoms with E-state index >= 15 is 0 Å². The topological polar surface area (TPSA) is 43.4 Å². The molecule has 0 bridgehead atoms. The Hall–Kier alpha value is -2.63. The molecule has 108 valence electrons. The lowest BCUT2D eigenvalue weighted by molar-refractivity contribution is -0.274. The van der Waals surface area contributed by atoms with Crippen molar-refractivity contribution >= 4 is 12.6 Å². The van der Waals surface area contributed by atoms with Crippen molar-refractivity contribution < 1.29 is 27.5 Å². The zero-order valence-corrected chi connectivity index (χ0v) is 10.6. The molecule has 0 N–H and O–H groups in total. The van der Waals surface area contributed by atoms with Crippen LogP contribution in [0.3, 0.4) is 0 Å². The average Bonchev–Trinajstić information content (AvgIpc) is 2.45. The van der Waals surface area contributed by atoms with Gasteiger partial charge in [0.2, 0.25) is 0 Å². The van der Waals surface area contributed by atoms with Gasteiger partial charge in [-0.3, -0.25) is 9.59 Å². The van der Waals surface area contributed by atoms with Gasteiger partial charge in [-0.2, -0.15) is 0 Å². The summed E-state index contributed by atoms with van der Waals surface area (Å²) in [6, 6.07) is 9.65. The van der Waals surface area contributed by atoms with E-state index in [1.807, 2.05) is 0 Å². The second-order valence-corrected chi connectivity index (χ2v) is 4.20. The van der Waals surface area contributed by atoms with E-state index in [0.717, 1.165) is 0 Å². The van der Waals surface area contributed by atoms with Crippen LogP contribution in [-0.2, 0) is 0 Å². The molecule has 0 spiro atoms. The number of hydrogen-bond acceptors (Lipinski definition) is 3. The molecule has 0 amide bonds. The predicted octanol–water partition coefficient (Wildman–Crippen LogP) is 3.88. The third kappa shape index (κ3) is 3.92. The summed E-state index contributed by atoms with van der Waals surface area (Å²) in [6.07, 6.45) is -3.66. The quantitative estimate of drug-likeness (QED) is 0.804. The van der Waals surface area contributed by atoms with Crippen molar-refractivity contribution in [2.24, 2.45) is 0 Å². The van der Waals surface area contributed by atoms with Crippen LogP contribution in [0.15, 0.2) is 42.5 Å². The molecule has 0 aromatic heterocycles. The van der Waals surface area contributed by atoms with Crippen molar-refractivity contribution in [3.63, 3.8) is 0 Å². The Morgan fingerprint density at radius 3 is 2.00 bits per heavy atom. The second kappa shape index (κ2) is 5.78. The predicted molar refractivity (Wildman–Crippen MR) is 69.3 cm³/mol. The summed E-state index contributed by atoms with van der Waals surface area (Å²) in [4.78, 5) is 21.6. The smallest absolute Gasteiger partial charge is 0.406 e. The van der Waals surface area contributed by atoms with Crippen molar-refractivity contribution in [1.82, 2.24) is 0 Å². The molecule has 0 aliphatic carbocycles. The molecule has 0 aliphatic rings. The first kappa shape index (κ1) is 14.8. The van der Waals surface area contributed by atoms with E-state index in [1.165, 1.54) is 36.4 Å². The van der Waals surface area contributed by atoms with Crippen LogP contribution in [0, 0.1) is 0 Å². The number of rotatable bonds is 4. The van der Waals surface area contributed by atoms with Gasteiger partial charge in [0.1, 0.15) is 18.3 Å². The van der Waals surface area contributed by atoms with Crippen LogP contribution >= 0.6 is 0 Å². The van der Waals surface area contributed by atoms with Gasteiger partial charge in [-0.15, -0.1) is 13.2 Å². The minimum absolute atomic E-state index is 0.261. The first-order valence-corrected chi connectivity index (χ1v) is 5.83. The minimum atomic E-state index is -4.78. The Bertz CT molecular complexity index is 652. The van der Waals surface area contributed by atoms with Crippen molar-refractivity contribution in [3.05, 3.63) is 53.6 Å². The Morgan fingerprint density at radius 1 is 0.857 bits per heavy atom. The molecule has 2 aromatic carbocycles. The van der Waals surface area contributed by atoms with Gasteiger partial charge in [-0.25, -0.2) is 0 Å². The minimum Gasteiger partial charge on any atom is -0.406 e. The highest BCUT2D eigenvalue weighted by atomic mass is 19.4. The second-order valence-electron chi connectivity index (χ2n) is 4.20. The maximum Gasteiger partial charge on any atom is 0.573 e. The largest absolute Gasteiger partial charge is 0.573 e. The van der Waals surface area contributed by atoms with Crippen LogP contribution in [0.1, 0.15) is 20.7 Å². The number of aldehydes is 2. The lowest BCUT2D eigenvalue weighted by Gasteiger charge is -2.10. The van der Waals surface area contributed by atoms with Crippen molar-refractivity contribution in [1.29, 1.82) is 0 Å². The Kier molecular flexibility index (Phi) is 4.07. The average molecular weight is 294 g/mol. The molecular weight excluding hydrogens is 285 g/mol. The molecular formula is C15H9F3O3. The molecule has 0 unspecified atom stereocenters. The van der Waals surface area contributed by atoms with Gasteiger partial charge in [0.25, 0.3) is 0 Å². The number of alkyl halides is 3. The molecule has 0 radical (unpaired) electrons. The highest BCUT2D eigenvalue weighted by molar-refractivity contribution is 5.86. The molecule has 2 rings (SSSR count). The Morgan fingerprint density at radius 2 is 1.48 bits per heavy atom. The number of benzene rings is 2. The summed E-state index contributed by atoms with van der Waals surface area (Å²) in [5.41, 5.74) is 1.38. The van der Waals surface area contributed by atoms with E-state index < -0.39 is 6.36 Å². The summed E-state index contributed by atoms with van der Waals surface area (Å²) in [5.74, 6) is -0.371. The van der Waals surface area contributed by atoms with Crippen LogP contribution in [0.5, 0.6) is 5.75 Å². The molecule has 0 fully saturated rings. The summed E-state index contributed by atoms with van der Waals surface area (Å²) in [5, 5.41) is 0. The zero-order valence-electron chi connectivity index (χ0n) is 10.6. The fourth-order valence-electron chi connectivity index (χ4n) is 1.85. The highest BCUT2D eigenvalue weighted by Gasteiger charge is 2.31. The number of carbonyl (C=O) groups is 2. The van der Waals surface area contributed by atoms with E-state index in [0.29, 0.717) is 23.7 Å². The van der Waals surface area contributed by atoms with E-state index in [-0.39, 0.29) is 16.9 Å². The highest BCUT2D eigenvalue weighted by Crippen LogP contribution is 2.28. The lowest BCUT2D eigenvalue weighted by atomic mass is 10.0. The zero-order chi connectivity index (χ0) is 15.5.